The predicted octanol–water partition coefficient (Wildman–Crippen LogP) is 2.88. The van der Waals surface area contributed by atoms with Gasteiger partial charge in [0.15, 0.2) is 0 Å². The van der Waals surface area contributed by atoms with E-state index in [2.05, 4.69) is 0 Å². The normalized spacial score (nSPS) is 42.4. The molecule has 0 radical (unpaired) electrons. The van der Waals surface area contributed by atoms with E-state index in [0.29, 0.717) is 0 Å². The van der Waals surface area contributed by atoms with Gasteiger partial charge >= 0.3 is 7.68 Å². The summed E-state index contributed by atoms with van der Waals surface area (Å²) in [5, 5.41) is -0.260. The Morgan fingerprint density at radius 2 is 1.45 bits per heavy atom. The van der Waals surface area contributed by atoms with Crippen LogP contribution >= 0.6 is 7.68 Å². The molecule has 3 rings (SSSR count). The monoisotopic (exact) mass is 172 g/mol. The molecule has 2 bridgehead atoms. The molecule has 0 amide bonds. The molecular formula is C8H13O2P. The van der Waals surface area contributed by atoms with Gasteiger partial charge in [-0.05, 0) is 44.4 Å². The van der Waals surface area contributed by atoms with Crippen molar-refractivity contribution >= 4 is 7.68 Å². The molecule has 0 aromatic heterocycles. The lowest BCUT2D eigenvalue weighted by Gasteiger charge is -2.41. The van der Waals surface area contributed by atoms with Crippen LogP contribution in [0.25, 0.3) is 0 Å². The first-order chi connectivity index (χ1) is 5.23. The zero-order valence-corrected chi connectivity index (χ0v) is 7.48. The van der Waals surface area contributed by atoms with Crippen molar-refractivity contribution < 1.29 is 9.13 Å². The van der Waals surface area contributed by atoms with Crippen molar-refractivity contribution in [3.8, 4) is 0 Å². The van der Waals surface area contributed by atoms with Gasteiger partial charge in [0.1, 0.15) is 0 Å². The summed E-state index contributed by atoms with van der Waals surface area (Å²) in [6.45, 7) is 0. The molecule has 2 nitrogen and oxygen atoms in total. The van der Waals surface area contributed by atoms with Crippen molar-refractivity contribution in [2.45, 2.75) is 43.7 Å². The van der Waals surface area contributed by atoms with Crippen LogP contribution in [0.4, 0.5) is 0 Å². The summed E-state index contributed by atoms with van der Waals surface area (Å²) in [6, 6.07) is 0. The van der Waals surface area contributed by atoms with Crippen molar-refractivity contribution in [1.82, 2.24) is 0 Å². The second-order valence-corrected chi connectivity index (χ2v) is 5.43. The minimum Gasteiger partial charge on any atom is -0.237 e. The van der Waals surface area contributed by atoms with E-state index < -0.39 is 7.68 Å². The number of hydrogen-bond donors (Lipinski definition) is 0. The van der Waals surface area contributed by atoms with Crippen LogP contribution in [-0.2, 0) is 9.13 Å². The molecule has 0 atom stereocenters. The summed E-state index contributed by atoms with van der Waals surface area (Å²) in [6.07, 6.45) is 6.29. The van der Waals surface area contributed by atoms with Crippen LogP contribution in [0.2, 0.25) is 0 Å². The molecule has 62 valence electrons. The van der Waals surface area contributed by atoms with E-state index in [-0.39, 0.29) is 5.16 Å². The van der Waals surface area contributed by atoms with Crippen LogP contribution in [0.15, 0.2) is 0 Å². The summed E-state index contributed by atoms with van der Waals surface area (Å²) < 4.78 is 21.9. The highest BCUT2D eigenvalue weighted by Gasteiger charge is 2.44. The number of rotatable bonds is 1. The highest BCUT2D eigenvalue weighted by atomic mass is 31.1. The van der Waals surface area contributed by atoms with Crippen molar-refractivity contribution in [3.05, 3.63) is 0 Å². The molecule has 11 heavy (non-hydrogen) atoms. The smallest absolute Gasteiger partial charge is 0.237 e. The highest BCUT2D eigenvalue weighted by molar-refractivity contribution is 7.33. The Balaban J connectivity index is 2.24. The van der Waals surface area contributed by atoms with Gasteiger partial charge in [0.2, 0.25) is 0 Å². The standard InChI is InChI=1S/C8H13O2P/c9-11(10)8-4-1-7(2-5-8)3-6-8/h7H,1-6H2. The molecule has 0 spiro atoms. The SMILES string of the molecule is O=P(=O)C12CCC(CC1)CC2. The first-order valence-corrected chi connectivity index (χ1v) is 5.55. The maximum absolute atomic E-state index is 11.0. The Kier molecular flexibility index (Phi) is 1.68. The molecule has 0 N–H and O–H groups in total. The summed E-state index contributed by atoms with van der Waals surface area (Å²) in [7, 11) is -2.17. The maximum Gasteiger partial charge on any atom is 0.321 e. The molecule has 0 aromatic rings. The molecule has 3 saturated carbocycles. The van der Waals surface area contributed by atoms with E-state index in [1.165, 1.54) is 0 Å². The van der Waals surface area contributed by atoms with Crippen molar-refractivity contribution in [3.63, 3.8) is 0 Å². The fraction of sp³-hybridized carbons (Fsp3) is 1.00. The first kappa shape index (κ1) is 7.54. The van der Waals surface area contributed by atoms with Crippen LogP contribution < -0.4 is 0 Å². The Morgan fingerprint density at radius 1 is 1.00 bits per heavy atom. The van der Waals surface area contributed by atoms with E-state index >= 15 is 0 Å². The van der Waals surface area contributed by atoms with Gasteiger partial charge in [-0.2, -0.15) is 0 Å². The average molecular weight is 172 g/mol. The topological polar surface area (TPSA) is 34.1 Å². The molecule has 3 fully saturated rings. The van der Waals surface area contributed by atoms with Gasteiger partial charge < -0.3 is 0 Å². The molecular weight excluding hydrogens is 159 g/mol. The second-order valence-electron chi connectivity index (χ2n) is 3.96. The Morgan fingerprint density at radius 3 is 1.73 bits per heavy atom. The maximum atomic E-state index is 11.0. The Labute approximate surface area is 67.2 Å². The van der Waals surface area contributed by atoms with Gasteiger partial charge in [-0.3, -0.25) is 0 Å². The Bertz CT molecular complexity index is 202. The molecule has 3 heteroatoms. The van der Waals surface area contributed by atoms with Gasteiger partial charge in [0, 0.05) is 0 Å². The lowest BCUT2D eigenvalue weighted by atomic mass is 9.70. The second kappa shape index (κ2) is 2.45. The molecule has 0 aromatic carbocycles. The van der Waals surface area contributed by atoms with E-state index in [1.807, 2.05) is 0 Å². The molecule has 0 saturated heterocycles. The minimum atomic E-state index is -2.17. The molecule has 3 aliphatic rings. The lowest BCUT2D eigenvalue weighted by Crippen LogP contribution is -2.35. The van der Waals surface area contributed by atoms with Crippen LogP contribution in [0.1, 0.15) is 38.5 Å². The summed E-state index contributed by atoms with van der Waals surface area (Å²) in [5.41, 5.74) is 0. The fourth-order valence-corrected chi connectivity index (χ4v) is 3.44. The first-order valence-electron chi connectivity index (χ1n) is 4.37. The van der Waals surface area contributed by atoms with E-state index in [4.69, 9.17) is 0 Å². The zero-order chi connectivity index (χ0) is 7.90. The number of fused-ring (bicyclic) bond motifs is 3. The van der Waals surface area contributed by atoms with Gasteiger partial charge in [-0.15, -0.1) is 0 Å². The largest absolute Gasteiger partial charge is 0.321 e. The summed E-state index contributed by atoms with van der Waals surface area (Å²) >= 11 is 0. The molecule has 0 aliphatic heterocycles. The number of hydrogen-bond acceptors (Lipinski definition) is 2. The van der Waals surface area contributed by atoms with Crippen molar-refractivity contribution in [2.75, 3.05) is 0 Å². The third kappa shape index (κ3) is 1.08. The minimum absolute atomic E-state index is 0.260. The van der Waals surface area contributed by atoms with Crippen molar-refractivity contribution in [1.29, 1.82) is 0 Å². The van der Waals surface area contributed by atoms with Crippen LogP contribution in [0.3, 0.4) is 0 Å². The average Bonchev–Trinajstić information content (AvgIpc) is 2.08. The zero-order valence-electron chi connectivity index (χ0n) is 6.58. The molecule has 3 aliphatic carbocycles. The van der Waals surface area contributed by atoms with Gasteiger partial charge in [-0.1, -0.05) is 0 Å². The van der Waals surface area contributed by atoms with E-state index in [9.17, 15) is 9.13 Å². The van der Waals surface area contributed by atoms with Crippen LogP contribution in [0.5, 0.6) is 0 Å². The third-order valence-corrected chi connectivity index (χ3v) is 4.89. The molecule has 0 heterocycles. The van der Waals surface area contributed by atoms with Gasteiger partial charge in [0.05, 0.1) is 5.16 Å². The van der Waals surface area contributed by atoms with Gasteiger partial charge in [0.25, 0.3) is 0 Å². The van der Waals surface area contributed by atoms with E-state index in [0.717, 1.165) is 44.4 Å². The third-order valence-electron chi connectivity index (χ3n) is 3.44. The van der Waals surface area contributed by atoms with E-state index in [1.54, 1.807) is 0 Å². The summed E-state index contributed by atoms with van der Waals surface area (Å²) in [4.78, 5) is 0. The van der Waals surface area contributed by atoms with Gasteiger partial charge in [-0.25, -0.2) is 9.13 Å². The fourth-order valence-electron chi connectivity index (χ4n) is 2.50. The van der Waals surface area contributed by atoms with Crippen molar-refractivity contribution in [2.24, 2.45) is 5.92 Å². The Hall–Kier alpha value is -0.100. The van der Waals surface area contributed by atoms with Crippen LogP contribution in [0, 0.1) is 5.92 Å². The predicted molar refractivity (Wildman–Crippen MR) is 42.2 cm³/mol. The van der Waals surface area contributed by atoms with Crippen LogP contribution in [-0.4, -0.2) is 5.16 Å². The highest BCUT2D eigenvalue weighted by Crippen LogP contribution is 2.53. The summed E-state index contributed by atoms with van der Waals surface area (Å²) in [5.74, 6) is 0.854. The molecule has 0 unspecified atom stereocenters. The lowest BCUT2D eigenvalue weighted by molar-refractivity contribution is 0.191. The quantitative estimate of drug-likeness (QED) is 0.570.